The summed E-state index contributed by atoms with van der Waals surface area (Å²) in [6.45, 7) is 0. The normalized spacial score (nSPS) is 11.7. The lowest BCUT2D eigenvalue weighted by Gasteiger charge is -2.17. The van der Waals surface area contributed by atoms with Crippen LogP contribution in [-0.2, 0) is 0 Å². The molecule has 2 heteroatoms. The van der Waals surface area contributed by atoms with Crippen LogP contribution in [0.1, 0.15) is 5.56 Å². The maximum absolute atomic E-state index is 9.78. The van der Waals surface area contributed by atoms with Crippen LogP contribution in [0.2, 0.25) is 0 Å². The number of para-hydroxylation sites is 1. The van der Waals surface area contributed by atoms with Gasteiger partial charge in [-0.25, -0.2) is 0 Å². The summed E-state index contributed by atoms with van der Waals surface area (Å²) >= 11 is 0. The van der Waals surface area contributed by atoms with E-state index in [9.17, 15) is 5.26 Å². The second-order valence-corrected chi connectivity index (χ2v) is 15.6. The van der Waals surface area contributed by atoms with E-state index in [0.717, 1.165) is 38.6 Å². The Morgan fingerprint density at radius 1 is 0.305 bits per heavy atom. The molecule has 59 heavy (non-hydrogen) atoms. The van der Waals surface area contributed by atoms with Crippen LogP contribution in [0, 0.1) is 11.3 Å². The molecule has 0 bridgehead atoms. The minimum absolute atomic E-state index is 0.662. The molecule has 0 fully saturated rings. The largest absolute Gasteiger partial charge is 0.309 e. The summed E-state index contributed by atoms with van der Waals surface area (Å²) in [5.41, 5.74) is 11.2. The third-order valence-corrected chi connectivity index (χ3v) is 12.4. The van der Waals surface area contributed by atoms with E-state index in [1.165, 1.54) is 76.1 Å². The fourth-order valence-electron chi connectivity index (χ4n) is 9.59. The average molecular weight is 747 g/mol. The molecule has 12 aromatic rings. The Balaban J connectivity index is 0.997. The van der Waals surface area contributed by atoms with Gasteiger partial charge in [-0.3, -0.25) is 0 Å². The van der Waals surface area contributed by atoms with Crippen LogP contribution in [-0.4, -0.2) is 4.57 Å². The van der Waals surface area contributed by atoms with Gasteiger partial charge >= 0.3 is 0 Å². The molecular weight excluding hydrogens is 713 g/mol. The van der Waals surface area contributed by atoms with E-state index in [4.69, 9.17) is 0 Å². The number of hydrogen-bond donors (Lipinski definition) is 0. The van der Waals surface area contributed by atoms with Gasteiger partial charge in [0.15, 0.2) is 0 Å². The van der Waals surface area contributed by atoms with Crippen molar-refractivity contribution in [3.05, 3.63) is 212 Å². The zero-order chi connectivity index (χ0) is 39.0. The van der Waals surface area contributed by atoms with E-state index in [1.807, 2.05) is 18.2 Å². The molecule has 0 N–H and O–H groups in total. The highest BCUT2D eigenvalue weighted by Crippen LogP contribution is 2.44. The SMILES string of the molecule is N#Cc1ccc2c(c1)c1cc(-c3ccc4cc(-c5cc6c7ccccc7c(-c7cccc8ccccc78)cc6c6ccccc56)ccc4c3)ccc1n2-c1ccccc1. The van der Waals surface area contributed by atoms with Crippen LogP contribution < -0.4 is 0 Å². The maximum atomic E-state index is 9.78. The fraction of sp³-hybridized carbons (Fsp3) is 0. The molecule has 0 atom stereocenters. The van der Waals surface area contributed by atoms with Gasteiger partial charge in [0.1, 0.15) is 0 Å². The van der Waals surface area contributed by atoms with E-state index in [2.05, 4.69) is 199 Å². The molecule has 0 spiro atoms. The summed E-state index contributed by atoms with van der Waals surface area (Å²) in [6, 6.07) is 77.2. The molecule has 0 saturated carbocycles. The molecule has 272 valence electrons. The van der Waals surface area contributed by atoms with Crippen molar-refractivity contribution in [3.63, 3.8) is 0 Å². The van der Waals surface area contributed by atoms with Crippen LogP contribution in [0.3, 0.4) is 0 Å². The van der Waals surface area contributed by atoms with Crippen molar-refractivity contribution in [3.8, 4) is 45.1 Å². The standard InChI is InChI=1S/C57H34N2/c58-35-36-21-27-56-54(29-36)55-32-41(26-28-57(55)59(56)43-13-2-1-3-14-43)39-22-23-40-31-42(25-24-38(40)30-39)50-33-52-49-19-9-8-18-48(49)51(34-53(52)47-17-7-6-16-46(47)50)45-20-10-12-37-11-4-5-15-44(37)45/h1-34H. The third kappa shape index (κ3) is 5.19. The van der Waals surface area contributed by atoms with Crippen molar-refractivity contribution in [2.45, 2.75) is 0 Å². The molecule has 2 nitrogen and oxygen atoms in total. The van der Waals surface area contributed by atoms with E-state index in [1.54, 1.807) is 0 Å². The molecule has 1 heterocycles. The van der Waals surface area contributed by atoms with Gasteiger partial charge < -0.3 is 4.57 Å². The predicted octanol–water partition coefficient (Wildman–Crippen LogP) is 15.4. The molecule has 0 amide bonds. The molecule has 12 rings (SSSR count). The Bertz CT molecular complexity index is 3730. The number of benzene rings is 11. The third-order valence-electron chi connectivity index (χ3n) is 12.4. The Morgan fingerprint density at radius 2 is 0.847 bits per heavy atom. The van der Waals surface area contributed by atoms with Crippen LogP contribution in [0.4, 0.5) is 0 Å². The van der Waals surface area contributed by atoms with Gasteiger partial charge in [0.05, 0.1) is 22.7 Å². The fourth-order valence-corrected chi connectivity index (χ4v) is 9.59. The number of nitriles is 1. The number of aromatic nitrogens is 1. The molecule has 0 aliphatic rings. The molecule has 11 aromatic carbocycles. The van der Waals surface area contributed by atoms with Crippen molar-refractivity contribution >= 4 is 75.7 Å². The molecular formula is C57H34N2. The first kappa shape index (κ1) is 33.2. The summed E-state index contributed by atoms with van der Waals surface area (Å²) in [4.78, 5) is 0. The topological polar surface area (TPSA) is 28.7 Å². The zero-order valence-corrected chi connectivity index (χ0v) is 32.0. The van der Waals surface area contributed by atoms with Crippen molar-refractivity contribution in [1.82, 2.24) is 4.57 Å². The van der Waals surface area contributed by atoms with Gasteiger partial charge in [-0.1, -0.05) is 140 Å². The highest BCUT2D eigenvalue weighted by molar-refractivity contribution is 6.25. The van der Waals surface area contributed by atoms with Crippen LogP contribution in [0.25, 0.3) is 115 Å². The molecule has 0 radical (unpaired) electrons. The average Bonchev–Trinajstić information content (AvgIpc) is 3.63. The molecule has 0 saturated heterocycles. The maximum Gasteiger partial charge on any atom is 0.0991 e. The van der Waals surface area contributed by atoms with Crippen molar-refractivity contribution < 1.29 is 0 Å². The van der Waals surface area contributed by atoms with Gasteiger partial charge in [0, 0.05) is 16.5 Å². The number of hydrogen-bond acceptors (Lipinski definition) is 1. The summed E-state index contributed by atoms with van der Waals surface area (Å²) in [7, 11) is 0. The van der Waals surface area contributed by atoms with E-state index >= 15 is 0 Å². The molecule has 0 aliphatic heterocycles. The van der Waals surface area contributed by atoms with Gasteiger partial charge in [-0.2, -0.15) is 5.26 Å². The summed E-state index contributed by atoms with van der Waals surface area (Å²) < 4.78 is 2.29. The van der Waals surface area contributed by atoms with Crippen molar-refractivity contribution in [2.24, 2.45) is 0 Å². The van der Waals surface area contributed by atoms with Gasteiger partial charge in [-0.05, 0) is 154 Å². The first-order chi connectivity index (χ1) is 29.2. The summed E-state index contributed by atoms with van der Waals surface area (Å²) in [5.74, 6) is 0. The van der Waals surface area contributed by atoms with Crippen LogP contribution in [0.5, 0.6) is 0 Å². The Kier molecular flexibility index (Phi) is 7.33. The number of fused-ring (bicyclic) bond motifs is 10. The lowest BCUT2D eigenvalue weighted by molar-refractivity contribution is 1.18. The summed E-state index contributed by atoms with van der Waals surface area (Å²) in [5, 5.41) is 24.5. The minimum atomic E-state index is 0.662. The van der Waals surface area contributed by atoms with Crippen molar-refractivity contribution in [1.29, 1.82) is 5.26 Å². The second-order valence-electron chi connectivity index (χ2n) is 15.6. The Hall–Kier alpha value is -7.99. The molecule has 0 unspecified atom stereocenters. The highest BCUT2D eigenvalue weighted by Gasteiger charge is 2.17. The van der Waals surface area contributed by atoms with Crippen LogP contribution >= 0.6 is 0 Å². The predicted molar refractivity (Wildman–Crippen MR) is 249 cm³/mol. The first-order valence-electron chi connectivity index (χ1n) is 20.1. The smallest absolute Gasteiger partial charge is 0.0991 e. The monoisotopic (exact) mass is 746 g/mol. The lowest BCUT2D eigenvalue weighted by Crippen LogP contribution is -1.93. The number of nitrogens with zero attached hydrogens (tertiary/aromatic N) is 2. The van der Waals surface area contributed by atoms with Crippen molar-refractivity contribution in [2.75, 3.05) is 0 Å². The first-order valence-corrected chi connectivity index (χ1v) is 20.1. The highest BCUT2D eigenvalue weighted by atomic mass is 15.0. The Labute approximate surface area is 341 Å². The zero-order valence-electron chi connectivity index (χ0n) is 32.0. The van der Waals surface area contributed by atoms with E-state index in [0.29, 0.717) is 5.56 Å². The summed E-state index contributed by atoms with van der Waals surface area (Å²) in [6.07, 6.45) is 0. The van der Waals surface area contributed by atoms with Gasteiger partial charge in [0.25, 0.3) is 0 Å². The molecule has 1 aromatic heterocycles. The van der Waals surface area contributed by atoms with E-state index in [-0.39, 0.29) is 0 Å². The quantitative estimate of drug-likeness (QED) is 0.165. The lowest BCUT2D eigenvalue weighted by atomic mass is 9.86. The minimum Gasteiger partial charge on any atom is -0.309 e. The second kappa shape index (κ2) is 13.0. The molecule has 0 aliphatic carbocycles. The Morgan fingerprint density at radius 3 is 1.59 bits per heavy atom. The number of rotatable bonds is 4. The van der Waals surface area contributed by atoms with Gasteiger partial charge in [0.2, 0.25) is 0 Å². The van der Waals surface area contributed by atoms with Crippen LogP contribution in [0.15, 0.2) is 206 Å². The van der Waals surface area contributed by atoms with E-state index < -0.39 is 0 Å². The van der Waals surface area contributed by atoms with Gasteiger partial charge in [-0.15, -0.1) is 0 Å².